The molecule has 0 unspecified atom stereocenters. The first-order valence-electron chi connectivity index (χ1n) is 10.5. The smallest absolute Gasteiger partial charge is 0.413 e. The van der Waals surface area contributed by atoms with Crippen LogP contribution < -0.4 is 15.4 Å². The number of ether oxygens (including phenoxy) is 2. The Hall–Kier alpha value is -3.36. The van der Waals surface area contributed by atoms with Gasteiger partial charge < -0.3 is 14.8 Å². The van der Waals surface area contributed by atoms with Crippen molar-refractivity contribution in [1.29, 1.82) is 0 Å². The van der Waals surface area contributed by atoms with Gasteiger partial charge in [-0.1, -0.05) is 18.2 Å². The second kappa shape index (κ2) is 7.72. The minimum atomic E-state index is -0.610. The Labute approximate surface area is 180 Å². The Morgan fingerprint density at radius 2 is 2.03 bits per heavy atom. The average molecular weight is 422 g/mol. The number of carbonyl (C=O) groups is 1. The van der Waals surface area contributed by atoms with Gasteiger partial charge >= 0.3 is 6.09 Å². The summed E-state index contributed by atoms with van der Waals surface area (Å²) in [6.07, 6.45) is 6.38. The molecule has 5 rings (SSSR count). The number of aromatic nitrogens is 4. The highest BCUT2D eigenvalue weighted by Gasteiger charge is 2.52. The molecule has 2 saturated carbocycles. The van der Waals surface area contributed by atoms with E-state index in [9.17, 15) is 4.79 Å². The molecule has 2 aromatic heterocycles. The number of carbonyl (C=O) groups excluding carboxylic acids is 1. The largest absolute Gasteiger partial charge is 0.496 e. The molecule has 9 heteroatoms. The van der Waals surface area contributed by atoms with Crippen molar-refractivity contribution < 1.29 is 14.3 Å². The predicted octanol–water partition coefficient (Wildman–Crippen LogP) is 3.66. The summed E-state index contributed by atoms with van der Waals surface area (Å²) in [6, 6.07) is 7.86. The number of para-hydroxylation sites is 1. The third-order valence-electron chi connectivity index (χ3n) is 6.36. The van der Waals surface area contributed by atoms with Crippen molar-refractivity contribution in [3.8, 4) is 5.75 Å². The highest BCUT2D eigenvalue weighted by atomic mass is 16.5. The quantitative estimate of drug-likeness (QED) is 0.599. The number of amides is 1. The standard InChI is InChI=1S/C22H26N6O3/c1-30-17-6-4-3-5-15(17)13-28-18-16(12-24-28)25-20(27-21(29)31-2)26-19(18)23-11-14-9-22(10-14)7-8-22/h3-6,12,14H,7-11,13H2,1-2H3,(H2,23,25,26,27,29). The molecule has 9 nitrogen and oxygen atoms in total. The van der Waals surface area contributed by atoms with Crippen LogP contribution in [0.15, 0.2) is 30.5 Å². The summed E-state index contributed by atoms with van der Waals surface area (Å²) < 4.78 is 12.0. The molecule has 0 aliphatic heterocycles. The van der Waals surface area contributed by atoms with Crippen molar-refractivity contribution >= 4 is 28.9 Å². The van der Waals surface area contributed by atoms with E-state index in [4.69, 9.17) is 4.74 Å². The van der Waals surface area contributed by atoms with Gasteiger partial charge in [-0.3, -0.25) is 10.00 Å². The van der Waals surface area contributed by atoms with Gasteiger partial charge in [0.2, 0.25) is 5.95 Å². The molecule has 2 aliphatic carbocycles. The molecule has 0 bridgehead atoms. The van der Waals surface area contributed by atoms with Gasteiger partial charge in [-0.2, -0.15) is 10.1 Å². The minimum absolute atomic E-state index is 0.186. The number of nitrogens with one attached hydrogen (secondary N) is 2. The van der Waals surface area contributed by atoms with Gasteiger partial charge in [0, 0.05) is 12.1 Å². The second-order valence-corrected chi connectivity index (χ2v) is 8.52. The van der Waals surface area contributed by atoms with Crippen molar-refractivity contribution in [2.45, 2.75) is 32.2 Å². The summed E-state index contributed by atoms with van der Waals surface area (Å²) >= 11 is 0. The Morgan fingerprint density at radius 1 is 1.23 bits per heavy atom. The van der Waals surface area contributed by atoms with E-state index >= 15 is 0 Å². The van der Waals surface area contributed by atoms with Crippen LogP contribution in [0.2, 0.25) is 0 Å². The first-order valence-corrected chi connectivity index (χ1v) is 10.5. The van der Waals surface area contributed by atoms with E-state index in [-0.39, 0.29) is 5.95 Å². The van der Waals surface area contributed by atoms with Crippen LogP contribution >= 0.6 is 0 Å². The molecule has 1 amide bonds. The van der Waals surface area contributed by atoms with Crippen LogP contribution in [0.1, 0.15) is 31.2 Å². The third kappa shape index (κ3) is 3.87. The van der Waals surface area contributed by atoms with E-state index < -0.39 is 6.09 Å². The zero-order valence-electron chi connectivity index (χ0n) is 17.7. The Morgan fingerprint density at radius 3 is 2.77 bits per heavy atom. The fraction of sp³-hybridized carbons (Fsp3) is 0.455. The molecular weight excluding hydrogens is 396 g/mol. The molecule has 2 N–H and O–H groups in total. The van der Waals surface area contributed by atoms with Crippen molar-refractivity contribution in [3.63, 3.8) is 0 Å². The number of rotatable bonds is 7. The van der Waals surface area contributed by atoms with E-state index in [0.717, 1.165) is 23.4 Å². The summed E-state index contributed by atoms with van der Waals surface area (Å²) in [4.78, 5) is 20.7. The van der Waals surface area contributed by atoms with Crippen LogP contribution in [-0.2, 0) is 11.3 Å². The molecule has 1 spiro atoms. The van der Waals surface area contributed by atoms with Gasteiger partial charge in [-0.15, -0.1) is 0 Å². The summed E-state index contributed by atoms with van der Waals surface area (Å²) in [6.45, 7) is 1.35. The zero-order chi connectivity index (χ0) is 21.4. The fourth-order valence-corrected chi connectivity index (χ4v) is 4.57. The Kier molecular flexibility index (Phi) is 4.88. The topological polar surface area (TPSA) is 103 Å². The van der Waals surface area contributed by atoms with E-state index in [1.54, 1.807) is 13.3 Å². The Bertz CT molecular complexity index is 1120. The van der Waals surface area contributed by atoms with E-state index in [1.807, 2.05) is 28.9 Å². The highest BCUT2D eigenvalue weighted by molar-refractivity contribution is 5.89. The molecule has 162 valence electrons. The first-order chi connectivity index (χ1) is 15.1. The normalized spacial score (nSPS) is 16.7. The van der Waals surface area contributed by atoms with Crippen LogP contribution in [0.4, 0.5) is 16.6 Å². The molecule has 1 aromatic carbocycles. The van der Waals surface area contributed by atoms with Crippen LogP contribution in [-0.4, -0.2) is 46.6 Å². The highest BCUT2D eigenvalue weighted by Crippen LogP contribution is 2.63. The Balaban J connectivity index is 1.45. The maximum absolute atomic E-state index is 11.7. The lowest BCUT2D eigenvalue weighted by Gasteiger charge is -2.36. The maximum atomic E-state index is 11.7. The van der Waals surface area contributed by atoms with Crippen molar-refractivity contribution in [2.75, 3.05) is 31.4 Å². The lowest BCUT2D eigenvalue weighted by atomic mass is 9.72. The number of hydrogen-bond donors (Lipinski definition) is 2. The number of hydrogen-bond acceptors (Lipinski definition) is 7. The molecule has 0 atom stereocenters. The predicted molar refractivity (Wildman–Crippen MR) is 116 cm³/mol. The molecule has 3 aromatic rings. The lowest BCUT2D eigenvalue weighted by Crippen LogP contribution is -2.31. The third-order valence-corrected chi connectivity index (χ3v) is 6.36. The number of fused-ring (bicyclic) bond motifs is 1. The second-order valence-electron chi connectivity index (χ2n) is 8.52. The van der Waals surface area contributed by atoms with Crippen molar-refractivity contribution in [3.05, 3.63) is 36.0 Å². The minimum Gasteiger partial charge on any atom is -0.496 e. The average Bonchev–Trinajstić information content (AvgIpc) is 3.46. The monoisotopic (exact) mass is 422 g/mol. The van der Waals surface area contributed by atoms with Gasteiger partial charge in [-0.25, -0.2) is 9.78 Å². The zero-order valence-corrected chi connectivity index (χ0v) is 17.7. The molecule has 2 aliphatic rings. The van der Waals surface area contributed by atoms with Crippen LogP contribution in [0.3, 0.4) is 0 Å². The molecule has 2 heterocycles. The summed E-state index contributed by atoms with van der Waals surface area (Å²) in [7, 11) is 2.97. The summed E-state index contributed by atoms with van der Waals surface area (Å²) in [5.41, 5.74) is 3.09. The van der Waals surface area contributed by atoms with Crippen LogP contribution in [0, 0.1) is 11.3 Å². The van der Waals surface area contributed by atoms with Crippen molar-refractivity contribution in [2.24, 2.45) is 11.3 Å². The fourth-order valence-electron chi connectivity index (χ4n) is 4.57. The van der Waals surface area contributed by atoms with E-state index in [1.165, 1.54) is 32.8 Å². The molecule has 31 heavy (non-hydrogen) atoms. The van der Waals surface area contributed by atoms with Gasteiger partial charge in [0.1, 0.15) is 16.8 Å². The van der Waals surface area contributed by atoms with Gasteiger partial charge in [0.15, 0.2) is 5.82 Å². The first kappa shape index (κ1) is 19.6. The summed E-state index contributed by atoms with van der Waals surface area (Å²) in [5, 5.41) is 10.6. The lowest BCUT2D eigenvalue weighted by molar-refractivity contribution is 0.180. The number of methoxy groups -OCH3 is 2. The van der Waals surface area contributed by atoms with Crippen molar-refractivity contribution in [1.82, 2.24) is 19.7 Å². The van der Waals surface area contributed by atoms with E-state index in [0.29, 0.717) is 29.2 Å². The molecule has 0 saturated heterocycles. The SMILES string of the molecule is COC(=O)Nc1nc(NCC2CC3(CC3)C2)c2c(cnn2Cc2ccccc2OC)n1. The molecule has 0 radical (unpaired) electrons. The molecule has 2 fully saturated rings. The van der Waals surface area contributed by atoms with Gasteiger partial charge in [-0.05, 0) is 43.1 Å². The van der Waals surface area contributed by atoms with Gasteiger partial charge in [0.05, 0.1) is 27.0 Å². The van der Waals surface area contributed by atoms with E-state index in [2.05, 4.69) is 30.4 Å². The maximum Gasteiger partial charge on any atom is 0.413 e. The summed E-state index contributed by atoms with van der Waals surface area (Å²) in [5.74, 6) is 2.29. The number of benzene rings is 1. The van der Waals surface area contributed by atoms with Gasteiger partial charge in [0.25, 0.3) is 0 Å². The number of anilines is 2. The van der Waals surface area contributed by atoms with Crippen LogP contribution in [0.5, 0.6) is 5.75 Å². The molecular formula is C22H26N6O3. The van der Waals surface area contributed by atoms with Crippen LogP contribution in [0.25, 0.3) is 11.0 Å². The number of nitrogens with zero attached hydrogens (tertiary/aromatic N) is 4.